The summed E-state index contributed by atoms with van der Waals surface area (Å²) in [5, 5.41) is 0.947. The lowest BCUT2D eigenvalue weighted by atomic mass is 10.2. The maximum absolute atomic E-state index is 12.3. The lowest BCUT2D eigenvalue weighted by molar-refractivity contribution is -0.130. The van der Waals surface area contributed by atoms with Crippen LogP contribution < -0.4 is 0 Å². The Balaban J connectivity index is 1.63. The zero-order chi connectivity index (χ0) is 14.8. The normalized spacial score (nSPS) is 16.3. The molecule has 110 valence electrons. The molecule has 0 spiro atoms. The van der Waals surface area contributed by atoms with Gasteiger partial charge in [0, 0.05) is 38.5 Å². The average Bonchev–Trinajstić information content (AvgIpc) is 2.92. The van der Waals surface area contributed by atoms with E-state index in [9.17, 15) is 9.59 Å². The van der Waals surface area contributed by atoms with Gasteiger partial charge >= 0.3 is 0 Å². The van der Waals surface area contributed by atoms with Gasteiger partial charge in [-0.3, -0.25) is 14.5 Å². The molecule has 2 aromatic rings. The Morgan fingerprint density at radius 1 is 1.14 bits per heavy atom. The number of para-hydroxylation sites is 1. The predicted octanol–water partition coefficient (Wildman–Crippen LogP) is 1.78. The highest BCUT2D eigenvalue weighted by molar-refractivity contribution is 5.98. The van der Waals surface area contributed by atoms with E-state index in [0.717, 1.165) is 24.1 Å². The summed E-state index contributed by atoms with van der Waals surface area (Å²) in [6.45, 7) is 4.74. The molecule has 2 heterocycles. The van der Waals surface area contributed by atoms with Crippen LogP contribution >= 0.6 is 0 Å². The quantitative estimate of drug-likeness (QED) is 0.807. The molecule has 0 aliphatic carbocycles. The van der Waals surface area contributed by atoms with Crippen LogP contribution in [0.2, 0.25) is 0 Å². The number of benzene rings is 1. The van der Waals surface area contributed by atoms with Crippen LogP contribution in [0.5, 0.6) is 0 Å². The second-order valence-electron chi connectivity index (χ2n) is 5.35. The molecular formula is C16H18N2O3. The summed E-state index contributed by atoms with van der Waals surface area (Å²) in [5.74, 6) is 0.492. The van der Waals surface area contributed by atoms with E-state index in [0.29, 0.717) is 25.4 Å². The van der Waals surface area contributed by atoms with E-state index in [-0.39, 0.29) is 11.7 Å². The number of amides is 1. The third-order valence-electron chi connectivity index (χ3n) is 3.89. The highest BCUT2D eigenvalue weighted by atomic mass is 16.3. The first-order chi connectivity index (χ1) is 10.1. The molecule has 5 heteroatoms. The van der Waals surface area contributed by atoms with Gasteiger partial charge in [-0.25, -0.2) is 0 Å². The number of nitrogens with zero attached hydrogens (tertiary/aromatic N) is 2. The van der Waals surface area contributed by atoms with E-state index in [2.05, 4.69) is 4.90 Å². The van der Waals surface area contributed by atoms with Gasteiger partial charge in [0.1, 0.15) is 5.58 Å². The molecule has 5 nitrogen and oxygen atoms in total. The molecule has 21 heavy (non-hydrogen) atoms. The smallest absolute Gasteiger partial charge is 0.219 e. The molecule has 0 saturated carbocycles. The van der Waals surface area contributed by atoms with Crippen molar-refractivity contribution in [3.8, 4) is 0 Å². The number of carbonyl (C=O) groups excluding carboxylic acids is 2. The van der Waals surface area contributed by atoms with Crippen molar-refractivity contribution >= 4 is 22.7 Å². The zero-order valence-electron chi connectivity index (χ0n) is 12.0. The number of furan rings is 1. The Hall–Kier alpha value is -2.14. The van der Waals surface area contributed by atoms with Crippen molar-refractivity contribution in [2.24, 2.45) is 0 Å². The molecule has 0 radical (unpaired) electrons. The molecule has 1 saturated heterocycles. The van der Waals surface area contributed by atoms with Gasteiger partial charge in [-0.05, 0) is 12.1 Å². The number of hydrogen-bond donors (Lipinski definition) is 0. The van der Waals surface area contributed by atoms with Crippen molar-refractivity contribution in [1.82, 2.24) is 9.80 Å². The van der Waals surface area contributed by atoms with E-state index >= 15 is 0 Å². The molecular weight excluding hydrogens is 268 g/mol. The van der Waals surface area contributed by atoms with Crippen LogP contribution in [0.1, 0.15) is 17.5 Å². The molecule has 0 bridgehead atoms. The second-order valence-corrected chi connectivity index (χ2v) is 5.35. The minimum absolute atomic E-state index is 0.0116. The average molecular weight is 286 g/mol. The van der Waals surface area contributed by atoms with Gasteiger partial charge in [0.2, 0.25) is 11.7 Å². The minimum atomic E-state index is -0.0116. The number of Topliss-reactive ketones (excluding diaryl/α,β-unsaturated/α-hetero) is 1. The Kier molecular flexibility index (Phi) is 3.75. The number of hydrogen-bond acceptors (Lipinski definition) is 4. The Labute approximate surface area is 123 Å². The Morgan fingerprint density at radius 3 is 2.52 bits per heavy atom. The topological polar surface area (TPSA) is 53.8 Å². The molecule has 3 rings (SSSR count). The van der Waals surface area contributed by atoms with Crippen molar-refractivity contribution < 1.29 is 14.0 Å². The summed E-state index contributed by atoms with van der Waals surface area (Å²) in [4.78, 5) is 27.4. The number of carbonyl (C=O) groups is 2. The van der Waals surface area contributed by atoms with E-state index in [1.54, 1.807) is 13.0 Å². The predicted molar refractivity (Wildman–Crippen MR) is 79.2 cm³/mol. The number of fused-ring (bicyclic) bond motifs is 1. The van der Waals surface area contributed by atoms with E-state index < -0.39 is 0 Å². The van der Waals surface area contributed by atoms with Gasteiger partial charge in [0.15, 0.2) is 5.76 Å². The molecule has 1 aliphatic heterocycles. The van der Waals surface area contributed by atoms with Crippen molar-refractivity contribution in [2.45, 2.75) is 6.92 Å². The van der Waals surface area contributed by atoms with Gasteiger partial charge in [-0.1, -0.05) is 18.2 Å². The van der Waals surface area contributed by atoms with E-state index in [1.165, 1.54) is 0 Å². The first-order valence-electron chi connectivity index (χ1n) is 7.13. The molecule has 1 fully saturated rings. The van der Waals surface area contributed by atoms with Crippen molar-refractivity contribution in [2.75, 3.05) is 32.7 Å². The van der Waals surface area contributed by atoms with Crippen molar-refractivity contribution in [3.63, 3.8) is 0 Å². The molecule has 0 N–H and O–H groups in total. The fourth-order valence-electron chi connectivity index (χ4n) is 2.62. The van der Waals surface area contributed by atoms with Crippen molar-refractivity contribution in [3.05, 3.63) is 36.1 Å². The van der Waals surface area contributed by atoms with Crippen LogP contribution in [0.4, 0.5) is 0 Å². The molecule has 1 amide bonds. The van der Waals surface area contributed by atoms with Crippen molar-refractivity contribution in [1.29, 1.82) is 0 Å². The van der Waals surface area contributed by atoms with Gasteiger partial charge in [0.05, 0.1) is 6.54 Å². The number of rotatable bonds is 3. The summed E-state index contributed by atoms with van der Waals surface area (Å²) < 4.78 is 5.59. The largest absolute Gasteiger partial charge is 0.453 e. The monoisotopic (exact) mass is 286 g/mol. The summed E-state index contributed by atoms with van der Waals surface area (Å²) in [6.07, 6.45) is 0. The maximum Gasteiger partial charge on any atom is 0.219 e. The first kappa shape index (κ1) is 13.8. The Bertz CT molecular complexity index is 636. The van der Waals surface area contributed by atoms with Crippen LogP contribution in [0, 0.1) is 0 Å². The molecule has 1 aliphatic rings. The minimum Gasteiger partial charge on any atom is -0.453 e. The third kappa shape index (κ3) is 2.97. The standard InChI is InChI=1S/C16H18N2O3/c1-12(19)18-8-6-17(7-9-18)11-14(20)16-10-13-4-2-3-5-15(13)21-16/h2-5,10H,6-9,11H2,1H3. The van der Waals surface area contributed by atoms with Crippen LogP contribution in [-0.2, 0) is 4.79 Å². The maximum atomic E-state index is 12.3. The lowest BCUT2D eigenvalue weighted by Gasteiger charge is -2.33. The lowest BCUT2D eigenvalue weighted by Crippen LogP contribution is -2.49. The van der Waals surface area contributed by atoms with Crippen LogP contribution in [0.25, 0.3) is 11.0 Å². The van der Waals surface area contributed by atoms with Gasteiger partial charge < -0.3 is 9.32 Å². The second kappa shape index (κ2) is 5.69. The summed E-state index contributed by atoms with van der Waals surface area (Å²) in [6, 6.07) is 9.40. The molecule has 0 atom stereocenters. The summed E-state index contributed by atoms with van der Waals surface area (Å²) in [5.41, 5.74) is 0.738. The SMILES string of the molecule is CC(=O)N1CCN(CC(=O)c2cc3ccccc3o2)CC1. The van der Waals surface area contributed by atoms with Gasteiger partial charge in [-0.15, -0.1) is 0 Å². The highest BCUT2D eigenvalue weighted by Gasteiger charge is 2.22. The first-order valence-corrected chi connectivity index (χ1v) is 7.13. The molecule has 1 aromatic heterocycles. The van der Waals surface area contributed by atoms with Crippen LogP contribution in [0.3, 0.4) is 0 Å². The van der Waals surface area contributed by atoms with Crippen LogP contribution in [-0.4, -0.2) is 54.2 Å². The highest BCUT2D eigenvalue weighted by Crippen LogP contribution is 2.19. The Morgan fingerprint density at radius 2 is 1.86 bits per heavy atom. The summed E-state index contributed by atoms with van der Waals surface area (Å²) >= 11 is 0. The zero-order valence-corrected chi connectivity index (χ0v) is 12.0. The van der Waals surface area contributed by atoms with E-state index in [1.807, 2.05) is 29.2 Å². The number of ketones is 1. The summed E-state index contributed by atoms with van der Waals surface area (Å²) in [7, 11) is 0. The fourth-order valence-corrected chi connectivity index (χ4v) is 2.62. The molecule has 0 unspecified atom stereocenters. The van der Waals surface area contributed by atoms with E-state index in [4.69, 9.17) is 4.42 Å². The molecule has 1 aromatic carbocycles. The van der Waals surface area contributed by atoms with Gasteiger partial charge in [-0.2, -0.15) is 0 Å². The van der Waals surface area contributed by atoms with Crippen LogP contribution in [0.15, 0.2) is 34.7 Å². The fraction of sp³-hybridized carbons (Fsp3) is 0.375. The third-order valence-corrected chi connectivity index (χ3v) is 3.89. The number of piperazine rings is 1. The van der Waals surface area contributed by atoms with Gasteiger partial charge in [0.25, 0.3) is 0 Å².